The highest BCUT2D eigenvalue weighted by molar-refractivity contribution is 6.04. The van der Waals surface area contributed by atoms with Gasteiger partial charge in [-0.25, -0.2) is 0 Å². The summed E-state index contributed by atoms with van der Waals surface area (Å²) in [5.41, 5.74) is 0.973. The molecular weight excluding hydrogens is 178 g/mol. The predicted molar refractivity (Wildman–Crippen MR) is 56.7 cm³/mol. The average Bonchev–Trinajstić information content (AvgIpc) is 2.16. The molecule has 0 heterocycles. The highest BCUT2D eigenvalue weighted by Gasteiger charge is 2.17. The molecule has 0 radical (unpaired) electrons. The first-order valence-electron chi connectivity index (χ1n) is 5.38. The maximum Gasteiger partial charge on any atom is 0.138 e. The molecule has 1 rings (SSSR count). The van der Waals surface area contributed by atoms with E-state index < -0.39 is 0 Å². The summed E-state index contributed by atoms with van der Waals surface area (Å²) < 4.78 is 0. The van der Waals surface area contributed by atoms with Crippen molar-refractivity contribution in [2.45, 2.75) is 58.1 Å². The van der Waals surface area contributed by atoms with Crippen LogP contribution in [-0.4, -0.2) is 28.7 Å². The van der Waals surface area contributed by atoms with Gasteiger partial charge in [0, 0.05) is 18.6 Å². The van der Waals surface area contributed by atoms with Crippen LogP contribution < -0.4 is 0 Å². The van der Waals surface area contributed by atoms with Crippen LogP contribution in [0.2, 0.25) is 0 Å². The smallest absolute Gasteiger partial charge is 0.138 e. The lowest BCUT2D eigenvalue weighted by Gasteiger charge is -2.17. The van der Waals surface area contributed by atoms with Gasteiger partial charge in [0.25, 0.3) is 0 Å². The molecule has 1 aliphatic rings. The van der Waals surface area contributed by atoms with Gasteiger partial charge < -0.3 is 5.11 Å². The molecule has 0 spiro atoms. The predicted octanol–water partition coefficient (Wildman–Crippen LogP) is 1.73. The zero-order valence-electron chi connectivity index (χ0n) is 8.99. The molecule has 0 aliphatic heterocycles. The fraction of sp³-hybridized carbons (Fsp3) is 0.818. The fourth-order valence-electron chi connectivity index (χ4n) is 1.72. The molecule has 1 N–H and O–H groups in total. The summed E-state index contributed by atoms with van der Waals surface area (Å²) in [7, 11) is 0. The Hall–Kier alpha value is -0.700. The molecule has 1 aliphatic carbocycles. The van der Waals surface area contributed by atoms with E-state index in [0.29, 0.717) is 19.3 Å². The SMILES string of the molecule is CCC(O)C(C)/N=C1/CCCC(=O)C1. The maximum atomic E-state index is 11.2. The number of hydrogen-bond donors (Lipinski definition) is 1. The number of nitrogens with zero attached hydrogens (tertiary/aromatic N) is 1. The topological polar surface area (TPSA) is 49.7 Å². The van der Waals surface area contributed by atoms with Gasteiger partial charge in [0.05, 0.1) is 12.1 Å². The Morgan fingerprint density at radius 3 is 2.79 bits per heavy atom. The highest BCUT2D eigenvalue weighted by Crippen LogP contribution is 2.14. The van der Waals surface area contributed by atoms with Gasteiger partial charge in [-0.2, -0.15) is 0 Å². The van der Waals surface area contributed by atoms with Crippen LogP contribution in [0.3, 0.4) is 0 Å². The Labute approximate surface area is 85.2 Å². The second kappa shape index (κ2) is 5.25. The van der Waals surface area contributed by atoms with Crippen LogP contribution in [0.15, 0.2) is 4.99 Å². The van der Waals surface area contributed by atoms with E-state index in [1.54, 1.807) is 0 Å². The van der Waals surface area contributed by atoms with Gasteiger partial charge in [-0.1, -0.05) is 6.92 Å². The van der Waals surface area contributed by atoms with E-state index in [1.165, 1.54) is 0 Å². The first-order valence-corrected chi connectivity index (χ1v) is 5.38. The molecule has 0 saturated heterocycles. The van der Waals surface area contributed by atoms with Gasteiger partial charge in [0.1, 0.15) is 5.78 Å². The summed E-state index contributed by atoms with van der Waals surface area (Å²) in [6.07, 6.45) is 3.38. The van der Waals surface area contributed by atoms with E-state index in [2.05, 4.69) is 4.99 Å². The third kappa shape index (κ3) is 3.22. The van der Waals surface area contributed by atoms with Gasteiger partial charge in [0.2, 0.25) is 0 Å². The zero-order valence-corrected chi connectivity index (χ0v) is 8.99. The Kier molecular flexibility index (Phi) is 4.26. The molecule has 3 heteroatoms. The minimum absolute atomic E-state index is 0.0686. The lowest BCUT2D eigenvalue weighted by Crippen LogP contribution is -2.23. The monoisotopic (exact) mass is 197 g/mol. The third-order valence-corrected chi connectivity index (χ3v) is 2.68. The molecule has 2 unspecified atom stereocenters. The summed E-state index contributed by atoms with van der Waals surface area (Å²) in [6.45, 7) is 3.84. The number of aliphatic hydroxyl groups excluding tert-OH is 1. The number of carbonyl (C=O) groups is 1. The lowest BCUT2D eigenvalue weighted by molar-refractivity contribution is -0.118. The summed E-state index contributed by atoms with van der Waals surface area (Å²) in [5.74, 6) is 0.285. The summed E-state index contributed by atoms with van der Waals surface area (Å²) in [5, 5.41) is 9.53. The van der Waals surface area contributed by atoms with Crippen LogP contribution in [0.1, 0.15) is 46.0 Å². The largest absolute Gasteiger partial charge is 0.391 e. The average molecular weight is 197 g/mol. The summed E-state index contributed by atoms with van der Waals surface area (Å²) in [4.78, 5) is 15.6. The molecule has 1 saturated carbocycles. The van der Waals surface area contributed by atoms with E-state index in [1.807, 2.05) is 13.8 Å². The van der Waals surface area contributed by atoms with Crippen LogP contribution in [0, 0.1) is 0 Å². The van der Waals surface area contributed by atoms with Crippen LogP contribution in [0.4, 0.5) is 0 Å². The molecule has 0 bridgehead atoms. The Balaban J connectivity index is 2.53. The molecule has 80 valence electrons. The van der Waals surface area contributed by atoms with Crippen molar-refractivity contribution in [2.75, 3.05) is 0 Å². The number of ketones is 1. The van der Waals surface area contributed by atoms with E-state index in [4.69, 9.17) is 0 Å². The summed E-state index contributed by atoms with van der Waals surface area (Å²) >= 11 is 0. The van der Waals surface area contributed by atoms with Gasteiger partial charge in [-0.15, -0.1) is 0 Å². The number of rotatable bonds is 3. The molecule has 14 heavy (non-hydrogen) atoms. The van der Waals surface area contributed by atoms with Crippen molar-refractivity contribution >= 4 is 11.5 Å². The normalized spacial score (nSPS) is 25.1. The van der Waals surface area contributed by atoms with E-state index in [0.717, 1.165) is 18.6 Å². The van der Waals surface area contributed by atoms with E-state index >= 15 is 0 Å². The van der Waals surface area contributed by atoms with Crippen molar-refractivity contribution in [3.8, 4) is 0 Å². The standard InChI is InChI=1S/C11H19NO2/c1-3-11(14)8(2)12-9-5-4-6-10(13)7-9/h8,11,14H,3-7H2,1-2H3/b12-9-. The Morgan fingerprint density at radius 1 is 1.50 bits per heavy atom. The summed E-state index contributed by atoms with van der Waals surface area (Å²) in [6, 6.07) is -0.0686. The molecule has 1 fully saturated rings. The molecule has 0 aromatic heterocycles. The number of carbonyl (C=O) groups excluding carboxylic acids is 1. The van der Waals surface area contributed by atoms with Gasteiger partial charge in [-0.05, 0) is 26.2 Å². The van der Waals surface area contributed by atoms with E-state index in [-0.39, 0.29) is 17.9 Å². The zero-order chi connectivity index (χ0) is 10.6. The van der Waals surface area contributed by atoms with Gasteiger partial charge >= 0.3 is 0 Å². The van der Waals surface area contributed by atoms with E-state index in [9.17, 15) is 9.90 Å². The minimum atomic E-state index is -0.375. The Bertz CT molecular complexity index is 235. The second-order valence-electron chi connectivity index (χ2n) is 3.98. The lowest BCUT2D eigenvalue weighted by atomic mass is 9.97. The highest BCUT2D eigenvalue weighted by atomic mass is 16.3. The second-order valence-corrected chi connectivity index (χ2v) is 3.98. The maximum absolute atomic E-state index is 11.2. The molecular formula is C11H19NO2. The minimum Gasteiger partial charge on any atom is -0.391 e. The van der Waals surface area contributed by atoms with Gasteiger partial charge in [0.15, 0.2) is 0 Å². The fourth-order valence-corrected chi connectivity index (χ4v) is 1.72. The molecule has 2 atom stereocenters. The number of aliphatic imine (C=N–C) groups is 1. The molecule has 3 nitrogen and oxygen atoms in total. The van der Waals surface area contributed by atoms with Crippen LogP contribution in [0.25, 0.3) is 0 Å². The van der Waals surface area contributed by atoms with Crippen molar-refractivity contribution in [3.63, 3.8) is 0 Å². The van der Waals surface area contributed by atoms with Crippen molar-refractivity contribution in [3.05, 3.63) is 0 Å². The van der Waals surface area contributed by atoms with Crippen molar-refractivity contribution in [1.29, 1.82) is 0 Å². The first kappa shape index (κ1) is 11.4. The first-order chi connectivity index (χ1) is 6.63. The van der Waals surface area contributed by atoms with Crippen LogP contribution in [0.5, 0.6) is 0 Å². The van der Waals surface area contributed by atoms with Crippen molar-refractivity contribution < 1.29 is 9.90 Å². The number of hydrogen-bond acceptors (Lipinski definition) is 3. The van der Waals surface area contributed by atoms with Gasteiger partial charge in [-0.3, -0.25) is 9.79 Å². The molecule has 0 aromatic rings. The third-order valence-electron chi connectivity index (χ3n) is 2.68. The number of Topliss-reactive ketones (excluding diaryl/α,β-unsaturated/α-hetero) is 1. The van der Waals surface area contributed by atoms with Crippen LogP contribution >= 0.6 is 0 Å². The quantitative estimate of drug-likeness (QED) is 0.749. The van der Waals surface area contributed by atoms with Crippen molar-refractivity contribution in [1.82, 2.24) is 0 Å². The molecule has 0 amide bonds. The van der Waals surface area contributed by atoms with Crippen LogP contribution in [-0.2, 0) is 4.79 Å². The van der Waals surface area contributed by atoms with Crippen molar-refractivity contribution in [2.24, 2.45) is 4.99 Å². The number of aliphatic hydroxyl groups is 1. The molecule has 0 aromatic carbocycles. The Morgan fingerprint density at radius 2 is 2.21 bits per heavy atom.